The lowest BCUT2D eigenvalue weighted by atomic mass is 9.74. The zero-order chi connectivity index (χ0) is 19.4. The van der Waals surface area contributed by atoms with Crippen molar-refractivity contribution in [1.82, 2.24) is 0 Å². The van der Waals surface area contributed by atoms with Gasteiger partial charge in [0.2, 0.25) is 0 Å². The summed E-state index contributed by atoms with van der Waals surface area (Å²) >= 11 is 0. The smallest absolute Gasteiger partial charge is 0.163 e. The molecule has 1 aliphatic rings. The molecule has 1 saturated carbocycles. The van der Waals surface area contributed by atoms with E-state index in [9.17, 15) is 9.59 Å². The largest absolute Gasteiger partial charge is 0.299 e. The maximum Gasteiger partial charge on any atom is 0.163 e. The van der Waals surface area contributed by atoms with E-state index in [1.54, 1.807) is 0 Å². The molecule has 3 rings (SSSR count). The molecular formula is C25H30O2. The molecule has 0 saturated heterocycles. The van der Waals surface area contributed by atoms with Gasteiger partial charge in [0.15, 0.2) is 5.78 Å². The molecule has 0 unspecified atom stereocenters. The molecule has 0 aromatic heterocycles. The van der Waals surface area contributed by atoms with Crippen molar-refractivity contribution in [2.75, 3.05) is 0 Å². The van der Waals surface area contributed by atoms with Crippen molar-refractivity contribution >= 4 is 11.6 Å². The highest BCUT2D eigenvalue weighted by molar-refractivity contribution is 6.00. The van der Waals surface area contributed by atoms with Crippen molar-refractivity contribution in [2.24, 2.45) is 17.3 Å². The summed E-state index contributed by atoms with van der Waals surface area (Å²) < 4.78 is 0. The van der Waals surface area contributed by atoms with Crippen LogP contribution in [0.4, 0.5) is 0 Å². The minimum Gasteiger partial charge on any atom is -0.299 e. The lowest BCUT2D eigenvalue weighted by Crippen LogP contribution is -2.34. The second-order valence-electron chi connectivity index (χ2n) is 8.84. The van der Waals surface area contributed by atoms with Crippen LogP contribution < -0.4 is 0 Å². The summed E-state index contributed by atoms with van der Waals surface area (Å²) in [5.41, 5.74) is 2.55. The van der Waals surface area contributed by atoms with Gasteiger partial charge in [0.05, 0.1) is 0 Å². The molecule has 1 aliphatic carbocycles. The Morgan fingerprint density at radius 3 is 2.00 bits per heavy atom. The Labute approximate surface area is 163 Å². The lowest BCUT2D eigenvalue weighted by molar-refractivity contribution is -0.132. The fraction of sp³-hybridized carbons (Fsp3) is 0.440. The Morgan fingerprint density at radius 1 is 0.889 bits per heavy atom. The first-order chi connectivity index (χ1) is 12.9. The first-order valence-electron chi connectivity index (χ1n) is 10.1. The molecule has 0 aliphatic heterocycles. The molecule has 0 bridgehead atoms. The van der Waals surface area contributed by atoms with Crippen molar-refractivity contribution < 1.29 is 9.59 Å². The van der Waals surface area contributed by atoms with Crippen LogP contribution in [0.15, 0.2) is 54.6 Å². The van der Waals surface area contributed by atoms with Gasteiger partial charge in [-0.2, -0.15) is 0 Å². The number of benzene rings is 2. The molecule has 0 radical (unpaired) electrons. The standard InChI is InChI=1S/C25H30O2/c1-25(2,3)24(27)22(20-11-7-8-12-20)17-23(26)21-15-13-19(14-16-21)18-9-5-4-6-10-18/h4-6,9-10,13-16,20,22H,7-8,11-12,17H2,1-3H3/t22-/m0/s1. The molecule has 1 atom stereocenters. The SMILES string of the molecule is CC(C)(C)C(=O)[C@@H](CC(=O)c1ccc(-c2ccccc2)cc1)C1CCCC1. The molecule has 2 heteroatoms. The summed E-state index contributed by atoms with van der Waals surface area (Å²) in [7, 11) is 0. The van der Waals surface area contributed by atoms with Crippen molar-refractivity contribution in [3.8, 4) is 11.1 Å². The van der Waals surface area contributed by atoms with Crippen LogP contribution in [0.1, 0.15) is 63.2 Å². The molecular weight excluding hydrogens is 332 g/mol. The topological polar surface area (TPSA) is 34.1 Å². The normalized spacial score (nSPS) is 16.3. The summed E-state index contributed by atoms with van der Waals surface area (Å²) in [6.45, 7) is 5.91. The molecule has 142 valence electrons. The third kappa shape index (κ3) is 4.74. The fourth-order valence-electron chi connectivity index (χ4n) is 4.19. The molecule has 0 heterocycles. The first-order valence-corrected chi connectivity index (χ1v) is 10.1. The second kappa shape index (κ2) is 8.21. The molecule has 2 nitrogen and oxygen atoms in total. The van der Waals surface area contributed by atoms with Gasteiger partial charge in [0.1, 0.15) is 5.78 Å². The van der Waals surface area contributed by atoms with Crippen molar-refractivity contribution in [1.29, 1.82) is 0 Å². The summed E-state index contributed by atoms with van der Waals surface area (Å²) in [5.74, 6) is 0.547. The molecule has 27 heavy (non-hydrogen) atoms. The van der Waals surface area contributed by atoms with Crippen LogP contribution in [0, 0.1) is 17.3 Å². The van der Waals surface area contributed by atoms with Gasteiger partial charge in [-0.25, -0.2) is 0 Å². The van der Waals surface area contributed by atoms with Crippen molar-refractivity contribution in [2.45, 2.75) is 52.9 Å². The third-order valence-electron chi connectivity index (χ3n) is 5.76. The van der Waals surface area contributed by atoms with E-state index in [1.807, 2.05) is 63.2 Å². The van der Waals surface area contributed by atoms with Gasteiger partial charge in [-0.15, -0.1) is 0 Å². The van der Waals surface area contributed by atoms with E-state index < -0.39 is 5.41 Å². The predicted molar refractivity (Wildman–Crippen MR) is 111 cm³/mol. The first kappa shape index (κ1) is 19.5. The Kier molecular flexibility index (Phi) is 5.94. The lowest BCUT2D eigenvalue weighted by Gasteiger charge is -2.28. The monoisotopic (exact) mass is 362 g/mol. The molecule has 1 fully saturated rings. The van der Waals surface area contributed by atoms with Crippen molar-refractivity contribution in [3.05, 3.63) is 60.2 Å². The Hall–Kier alpha value is -2.22. The van der Waals surface area contributed by atoms with Crippen LogP contribution in [0.25, 0.3) is 11.1 Å². The maximum absolute atomic E-state index is 13.0. The summed E-state index contributed by atoms with van der Waals surface area (Å²) in [4.78, 5) is 25.9. The number of ketones is 2. The van der Waals surface area contributed by atoms with Gasteiger partial charge < -0.3 is 0 Å². The van der Waals surface area contributed by atoms with E-state index in [1.165, 1.54) is 12.8 Å². The van der Waals surface area contributed by atoms with Gasteiger partial charge in [-0.05, 0) is 29.9 Å². The molecule has 0 spiro atoms. The average Bonchev–Trinajstić information content (AvgIpc) is 3.20. The number of carbonyl (C=O) groups excluding carboxylic acids is 2. The Morgan fingerprint density at radius 2 is 1.44 bits per heavy atom. The predicted octanol–water partition coefficient (Wildman–Crippen LogP) is 6.35. The molecule has 0 amide bonds. The number of hydrogen-bond acceptors (Lipinski definition) is 2. The number of hydrogen-bond donors (Lipinski definition) is 0. The van der Waals surface area contributed by atoms with Crippen LogP contribution in [0.3, 0.4) is 0 Å². The van der Waals surface area contributed by atoms with Crippen LogP contribution in [0.5, 0.6) is 0 Å². The van der Waals surface area contributed by atoms with Gasteiger partial charge in [-0.1, -0.05) is 88.2 Å². The van der Waals surface area contributed by atoms with E-state index in [4.69, 9.17) is 0 Å². The highest BCUT2D eigenvalue weighted by atomic mass is 16.1. The molecule has 0 N–H and O–H groups in total. The molecule has 2 aromatic carbocycles. The van der Waals surface area contributed by atoms with Gasteiger partial charge in [0, 0.05) is 23.3 Å². The highest BCUT2D eigenvalue weighted by Crippen LogP contribution is 2.38. The highest BCUT2D eigenvalue weighted by Gasteiger charge is 2.37. The Bertz CT molecular complexity index is 775. The minimum absolute atomic E-state index is 0.0871. The quantitative estimate of drug-likeness (QED) is 0.561. The van der Waals surface area contributed by atoms with Gasteiger partial charge in [0.25, 0.3) is 0 Å². The Balaban J connectivity index is 1.76. The number of carbonyl (C=O) groups is 2. The molecule has 2 aromatic rings. The number of rotatable bonds is 6. The van der Waals surface area contributed by atoms with E-state index in [2.05, 4.69) is 12.1 Å². The second-order valence-corrected chi connectivity index (χ2v) is 8.84. The van der Waals surface area contributed by atoms with E-state index >= 15 is 0 Å². The maximum atomic E-state index is 13.0. The van der Waals surface area contributed by atoms with Crippen LogP contribution >= 0.6 is 0 Å². The van der Waals surface area contributed by atoms with Gasteiger partial charge in [-0.3, -0.25) is 9.59 Å². The zero-order valence-electron chi connectivity index (χ0n) is 16.7. The third-order valence-corrected chi connectivity index (χ3v) is 5.76. The van der Waals surface area contributed by atoms with E-state index in [0.717, 1.165) is 24.0 Å². The van der Waals surface area contributed by atoms with E-state index in [0.29, 0.717) is 17.9 Å². The fourth-order valence-corrected chi connectivity index (χ4v) is 4.19. The van der Waals surface area contributed by atoms with Gasteiger partial charge >= 0.3 is 0 Å². The zero-order valence-corrected chi connectivity index (χ0v) is 16.7. The van der Waals surface area contributed by atoms with Crippen molar-refractivity contribution in [3.63, 3.8) is 0 Å². The summed E-state index contributed by atoms with van der Waals surface area (Å²) in [6, 6.07) is 17.9. The van der Waals surface area contributed by atoms with Crippen LogP contribution in [0.2, 0.25) is 0 Å². The van der Waals surface area contributed by atoms with E-state index in [-0.39, 0.29) is 17.5 Å². The van der Waals surface area contributed by atoms with Crippen LogP contribution in [-0.4, -0.2) is 11.6 Å². The minimum atomic E-state index is -0.398. The number of Topliss-reactive ketones (excluding diaryl/α,β-unsaturated/α-hetero) is 2. The summed E-state index contributed by atoms with van der Waals surface area (Å²) in [5, 5.41) is 0. The summed E-state index contributed by atoms with van der Waals surface area (Å²) in [6.07, 6.45) is 4.85. The average molecular weight is 363 g/mol. The van der Waals surface area contributed by atoms with Crippen LogP contribution in [-0.2, 0) is 4.79 Å².